The van der Waals surface area contributed by atoms with E-state index < -0.39 is 0 Å². The molecular weight excluding hydrogens is 247 g/mol. The van der Waals surface area contributed by atoms with Crippen molar-refractivity contribution in [2.75, 3.05) is 0 Å². The molecule has 1 nitrogen and oxygen atoms in total. The molecule has 2 heteroatoms. The van der Waals surface area contributed by atoms with Crippen LogP contribution in [0.2, 0.25) is 0 Å². The summed E-state index contributed by atoms with van der Waals surface area (Å²) in [6, 6.07) is 2.06. The molecule has 1 heterocycles. The van der Waals surface area contributed by atoms with E-state index in [1.54, 1.807) is 0 Å². The quantitative estimate of drug-likeness (QED) is 0.691. The molecule has 0 saturated heterocycles. The Morgan fingerprint density at radius 1 is 1.15 bits per heavy atom. The van der Waals surface area contributed by atoms with Gasteiger partial charge in [-0.25, -0.2) is 0 Å². The Balaban J connectivity index is 0.000000215. The van der Waals surface area contributed by atoms with Crippen LogP contribution in [0, 0.1) is 13.8 Å². The molecule has 2 rings (SSSR count). The number of allylic oxidation sites excluding steroid dienone is 4. The second-order valence-corrected chi connectivity index (χ2v) is 2.88. The smallest absolute Gasteiger partial charge is 0.0145 e. The number of aryl methyl sites for hydroxylation is 2. The summed E-state index contributed by atoms with van der Waals surface area (Å²) < 4.78 is 0. The Morgan fingerprint density at radius 3 is 1.92 bits per heavy atom. The van der Waals surface area contributed by atoms with Gasteiger partial charge in [-0.2, -0.15) is 0 Å². The summed E-state index contributed by atoms with van der Waals surface area (Å²) in [5.74, 6) is 0. The van der Waals surface area contributed by atoms with Gasteiger partial charge >= 0.3 is 0 Å². The molecule has 0 amide bonds. The van der Waals surface area contributed by atoms with Gasteiger partial charge < -0.3 is 4.98 Å². The minimum Gasteiger partial charge on any atom is -0.365 e. The third-order valence-corrected chi connectivity index (χ3v) is 1.88. The van der Waals surface area contributed by atoms with Crippen LogP contribution in [0.25, 0.3) is 0 Å². The zero-order chi connectivity index (χ0) is 8.81. The Kier molecular flexibility index (Phi) is 6.53. The fourth-order valence-electron chi connectivity index (χ4n) is 0.923. The maximum atomic E-state index is 3.07. The predicted molar refractivity (Wildman–Crippen MR) is 53.2 cm³/mol. The SMILES string of the molecule is C1=CCC=C1.Cc1cc[nH]c1C.[Ru]. The van der Waals surface area contributed by atoms with Crippen LogP contribution in [0.1, 0.15) is 17.7 Å². The first-order chi connectivity index (χ1) is 5.80. The van der Waals surface area contributed by atoms with Gasteiger partial charge in [-0.15, -0.1) is 0 Å². The Labute approximate surface area is 92.7 Å². The van der Waals surface area contributed by atoms with Gasteiger partial charge in [-0.1, -0.05) is 24.3 Å². The van der Waals surface area contributed by atoms with Crippen LogP contribution in [0.5, 0.6) is 0 Å². The number of hydrogen-bond donors (Lipinski definition) is 1. The second kappa shape index (κ2) is 6.85. The van der Waals surface area contributed by atoms with Gasteiger partial charge in [0.1, 0.15) is 0 Å². The topological polar surface area (TPSA) is 15.8 Å². The monoisotopic (exact) mass is 263 g/mol. The first-order valence-corrected chi connectivity index (χ1v) is 4.23. The van der Waals surface area contributed by atoms with E-state index in [1.165, 1.54) is 11.3 Å². The molecule has 0 bridgehead atoms. The van der Waals surface area contributed by atoms with Crippen LogP contribution in [0.15, 0.2) is 36.6 Å². The van der Waals surface area contributed by atoms with Crippen molar-refractivity contribution < 1.29 is 19.5 Å². The zero-order valence-electron chi connectivity index (χ0n) is 8.02. The molecule has 0 aromatic carbocycles. The van der Waals surface area contributed by atoms with E-state index in [2.05, 4.69) is 49.2 Å². The van der Waals surface area contributed by atoms with E-state index in [-0.39, 0.29) is 19.5 Å². The summed E-state index contributed by atoms with van der Waals surface area (Å²) in [5.41, 5.74) is 2.60. The molecule has 13 heavy (non-hydrogen) atoms. The van der Waals surface area contributed by atoms with Crippen LogP contribution in [0.3, 0.4) is 0 Å². The van der Waals surface area contributed by atoms with Crippen LogP contribution in [-0.2, 0) is 19.5 Å². The van der Waals surface area contributed by atoms with Crippen LogP contribution in [0.4, 0.5) is 0 Å². The van der Waals surface area contributed by atoms with Gasteiger partial charge in [-0.05, 0) is 31.9 Å². The van der Waals surface area contributed by atoms with Gasteiger partial charge in [0.15, 0.2) is 0 Å². The maximum absolute atomic E-state index is 3.07. The number of aromatic amines is 1. The predicted octanol–water partition coefficient (Wildman–Crippen LogP) is 3.13. The standard InChI is InChI=1S/C6H9N.C5H6.Ru/c1-5-3-4-7-6(5)2;1-2-4-5-3-1;/h3-4,7H,1-2H3;1-4H,5H2;. The van der Waals surface area contributed by atoms with Gasteiger partial charge in [0.25, 0.3) is 0 Å². The molecule has 1 aromatic rings. The normalized spacial score (nSPS) is 11.8. The molecule has 0 saturated carbocycles. The number of H-pyrrole nitrogens is 1. The summed E-state index contributed by atoms with van der Waals surface area (Å²) in [6.07, 6.45) is 11.4. The average Bonchev–Trinajstić information content (AvgIpc) is 2.67. The molecule has 72 valence electrons. The summed E-state index contributed by atoms with van der Waals surface area (Å²) in [7, 11) is 0. The molecule has 0 unspecified atom stereocenters. The Bertz CT molecular complexity index is 258. The fraction of sp³-hybridized carbons (Fsp3) is 0.273. The van der Waals surface area contributed by atoms with Crippen molar-refractivity contribution in [3.8, 4) is 0 Å². The van der Waals surface area contributed by atoms with Crippen molar-refractivity contribution >= 4 is 0 Å². The number of nitrogens with one attached hydrogen (secondary N) is 1. The van der Waals surface area contributed by atoms with E-state index in [1.807, 2.05) is 6.20 Å². The zero-order valence-corrected chi connectivity index (χ0v) is 9.76. The van der Waals surface area contributed by atoms with E-state index in [0.29, 0.717) is 0 Å². The van der Waals surface area contributed by atoms with Crippen LogP contribution < -0.4 is 0 Å². The molecular formula is C11H15NRu. The summed E-state index contributed by atoms with van der Waals surface area (Å²) in [4.78, 5) is 3.07. The molecule has 1 aliphatic rings. The minimum atomic E-state index is 0. The van der Waals surface area contributed by atoms with Crippen LogP contribution in [-0.4, -0.2) is 4.98 Å². The fourth-order valence-corrected chi connectivity index (χ4v) is 0.923. The average molecular weight is 262 g/mol. The molecule has 0 radical (unpaired) electrons. The van der Waals surface area contributed by atoms with Crippen LogP contribution >= 0.6 is 0 Å². The summed E-state index contributed by atoms with van der Waals surface area (Å²) in [5, 5.41) is 0. The van der Waals surface area contributed by atoms with Gasteiger partial charge in [0.2, 0.25) is 0 Å². The molecule has 1 N–H and O–H groups in total. The van der Waals surface area contributed by atoms with Crippen molar-refractivity contribution in [1.82, 2.24) is 4.98 Å². The molecule has 0 aliphatic heterocycles. The van der Waals surface area contributed by atoms with Gasteiger partial charge in [0, 0.05) is 31.4 Å². The van der Waals surface area contributed by atoms with E-state index in [4.69, 9.17) is 0 Å². The Hall–Kier alpha value is -0.617. The number of hydrogen-bond acceptors (Lipinski definition) is 0. The van der Waals surface area contributed by atoms with Crippen molar-refractivity contribution in [2.45, 2.75) is 20.3 Å². The van der Waals surface area contributed by atoms with E-state index >= 15 is 0 Å². The molecule has 1 aliphatic carbocycles. The number of aromatic nitrogens is 1. The van der Waals surface area contributed by atoms with Gasteiger partial charge in [-0.3, -0.25) is 0 Å². The molecule has 0 fully saturated rings. The molecule has 0 spiro atoms. The van der Waals surface area contributed by atoms with Crippen molar-refractivity contribution in [3.05, 3.63) is 47.8 Å². The second-order valence-electron chi connectivity index (χ2n) is 2.88. The van der Waals surface area contributed by atoms with E-state index in [0.717, 1.165) is 6.42 Å². The molecule has 0 atom stereocenters. The molecule has 1 aromatic heterocycles. The maximum Gasteiger partial charge on any atom is 0.0145 e. The first-order valence-electron chi connectivity index (χ1n) is 4.23. The van der Waals surface area contributed by atoms with E-state index in [9.17, 15) is 0 Å². The third kappa shape index (κ3) is 4.84. The first kappa shape index (κ1) is 12.4. The largest absolute Gasteiger partial charge is 0.365 e. The number of rotatable bonds is 0. The van der Waals surface area contributed by atoms with Crippen molar-refractivity contribution in [3.63, 3.8) is 0 Å². The minimum absolute atomic E-state index is 0. The van der Waals surface area contributed by atoms with Crippen molar-refractivity contribution in [1.29, 1.82) is 0 Å². The third-order valence-electron chi connectivity index (χ3n) is 1.88. The Morgan fingerprint density at radius 2 is 1.77 bits per heavy atom. The van der Waals surface area contributed by atoms with Crippen molar-refractivity contribution in [2.24, 2.45) is 0 Å². The van der Waals surface area contributed by atoms with Gasteiger partial charge in [0.05, 0.1) is 0 Å². The summed E-state index contributed by atoms with van der Waals surface area (Å²) in [6.45, 7) is 4.15. The summed E-state index contributed by atoms with van der Waals surface area (Å²) >= 11 is 0.